The molecule has 1 aliphatic heterocycles. The highest BCUT2D eigenvalue weighted by Gasteiger charge is 2.26. The van der Waals surface area contributed by atoms with E-state index in [4.69, 9.17) is 0 Å². The number of anilines is 1. The molecular formula is C20H21N5O. The van der Waals surface area contributed by atoms with Crippen LogP contribution >= 0.6 is 0 Å². The number of nitrogens with zero attached hydrogens (tertiary/aromatic N) is 4. The predicted octanol–water partition coefficient (Wildman–Crippen LogP) is 2.73. The van der Waals surface area contributed by atoms with Crippen molar-refractivity contribution in [1.29, 1.82) is 0 Å². The maximum absolute atomic E-state index is 12.6. The Kier molecular flexibility index (Phi) is 4.48. The Balaban J connectivity index is 1.44. The lowest BCUT2D eigenvalue weighted by atomic mass is 10.1. The number of aromatic nitrogens is 3. The first-order valence-corrected chi connectivity index (χ1v) is 8.91. The van der Waals surface area contributed by atoms with Gasteiger partial charge in [-0.3, -0.25) is 9.78 Å². The summed E-state index contributed by atoms with van der Waals surface area (Å²) in [7, 11) is 0. The molecule has 0 bridgehead atoms. The number of fused-ring (bicyclic) bond motifs is 1. The van der Waals surface area contributed by atoms with Gasteiger partial charge in [-0.15, -0.1) is 5.10 Å². The number of rotatable bonds is 4. The number of carbonyl (C=O) groups excluding carboxylic acids is 1. The fraction of sp³-hybridized carbons (Fsp3) is 0.300. The average Bonchev–Trinajstić information content (AvgIpc) is 3.15. The number of hydrogen-bond donors (Lipinski definition) is 1. The van der Waals surface area contributed by atoms with E-state index in [0.29, 0.717) is 12.1 Å². The summed E-state index contributed by atoms with van der Waals surface area (Å²) in [4.78, 5) is 19.3. The molecule has 0 spiro atoms. The minimum absolute atomic E-state index is 0.0570. The van der Waals surface area contributed by atoms with E-state index in [2.05, 4.69) is 25.4 Å². The summed E-state index contributed by atoms with van der Waals surface area (Å²) < 4.78 is 0. The minimum Gasteiger partial charge on any atom is -0.350 e. The Labute approximate surface area is 152 Å². The van der Waals surface area contributed by atoms with Crippen molar-refractivity contribution in [3.63, 3.8) is 0 Å². The van der Waals surface area contributed by atoms with Crippen LogP contribution in [0.3, 0.4) is 0 Å². The quantitative estimate of drug-likeness (QED) is 0.786. The summed E-state index contributed by atoms with van der Waals surface area (Å²) in [6.45, 7) is 3.50. The van der Waals surface area contributed by atoms with Crippen molar-refractivity contribution < 1.29 is 4.79 Å². The van der Waals surface area contributed by atoms with Crippen molar-refractivity contribution in [2.24, 2.45) is 0 Å². The van der Waals surface area contributed by atoms with Gasteiger partial charge in [-0.1, -0.05) is 6.07 Å². The van der Waals surface area contributed by atoms with Crippen molar-refractivity contribution in [1.82, 2.24) is 20.5 Å². The predicted molar refractivity (Wildman–Crippen MR) is 101 cm³/mol. The van der Waals surface area contributed by atoms with Crippen molar-refractivity contribution in [2.75, 3.05) is 18.0 Å². The van der Waals surface area contributed by atoms with Gasteiger partial charge in [-0.2, -0.15) is 5.10 Å². The van der Waals surface area contributed by atoms with E-state index in [9.17, 15) is 4.79 Å². The molecule has 1 amide bonds. The minimum atomic E-state index is -0.0570. The Morgan fingerprint density at radius 1 is 1.27 bits per heavy atom. The normalized spacial score (nSPS) is 16.8. The fourth-order valence-corrected chi connectivity index (χ4v) is 3.48. The monoisotopic (exact) mass is 347 g/mol. The summed E-state index contributed by atoms with van der Waals surface area (Å²) in [6, 6.07) is 13.7. The largest absolute Gasteiger partial charge is 0.350 e. The molecule has 2 aromatic heterocycles. The van der Waals surface area contributed by atoms with Crippen LogP contribution in [-0.2, 0) is 0 Å². The van der Waals surface area contributed by atoms with Crippen LogP contribution in [0.1, 0.15) is 28.9 Å². The molecule has 4 rings (SSSR count). The molecule has 0 radical (unpaired) electrons. The lowest BCUT2D eigenvalue weighted by Gasteiger charge is -2.25. The first kappa shape index (κ1) is 16.4. The van der Waals surface area contributed by atoms with Crippen molar-refractivity contribution >= 4 is 22.6 Å². The van der Waals surface area contributed by atoms with E-state index in [1.165, 1.54) is 0 Å². The van der Waals surface area contributed by atoms with Gasteiger partial charge < -0.3 is 10.2 Å². The van der Waals surface area contributed by atoms with Gasteiger partial charge in [-0.05, 0) is 56.2 Å². The van der Waals surface area contributed by atoms with Gasteiger partial charge in [0.15, 0.2) is 5.82 Å². The van der Waals surface area contributed by atoms with Crippen LogP contribution in [-0.4, -0.2) is 40.2 Å². The van der Waals surface area contributed by atoms with Gasteiger partial charge in [-0.25, -0.2) is 0 Å². The van der Waals surface area contributed by atoms with Crippen LogP contribution in [0.15, 0.2) is 48.7 Å². The van der Waals surface area contributed by atoms with Gasteiger partial charge in [0.2, 0.25) is 0 Å². The molecule has 26 heavy (non-hydrogen) atoms. The number of amides is 1. The van der Waals surface area contributed by atoms with Crippen LogP contribution in [0.25, 0.3) is 10.9 Å². The summed E-state index contributed by atoms with van der Waals surface area (Å²) >= 11 is 0. The third kappa shape index (κ3) is 3.35. The third-order valence-electron chi connectivity index (χ3n) is 4.82. The third-order valence-corrected chi connectivity index (χ3v) is 4.82. The van der Waals surface area contributed by atoms with Crippen LogP contribution < -0.4 is 10.2 Å². The molecule has 1 fully saturated rings. The molecule has 132 valence electrons. The zero-order valence-corrected chi connectivity index (χ0v) is 14.7. The zero-order chi connectivity index (χ0) is 17.9. The van der Waals surface area contributed by atoms with Gasteiger partial charge in [0.1, 0.15) is 0 Å². The number of benzene rings is 1. The Morgan fingerprint density at radius 3 is 3.04 bits per heavy atom. The number of pyridine rings is 1. The second kappa shape index (κ2) is 7.07. The highest BCUT2D eigenvalue weighted by molar-refractivity contribution is 5.98. The number of carbonyl (C=O) groups is 1. The van der Waals surface area contributed by atoms with E-state index in [0.717, 1.165) is 41.8 Å². The van der Waals surface area contributed by atoms with Crippen LogP contribution in [0, 0.1) is 6.92 Å². The van der Waals surface area contributed by atoms with E-state index in [-0.39, 0.29) is 11.9 Å². The molecule has 0 aliphatic carbocycles. The van der Waals surface area contributed by atoms with Crippen molar-refractivity contribution in [2.45, 2.75) is 25.8 Å². The lowest BCUT2D eigenvalue weighted by molar-refractivity contribution is 0.0951. The summed E-state index contributed by atoms with van der Waals surface area (Å²) in [5.41, 5.74) is 2.54. The molecule has 0 unspecified atom stereocenters. The molecular weight excluding hydrogens is 326 g/mol. The molecule has 1 aromatic carbocycles. The van der Waals surface area contributed by atoms with Crippen molar-refractivity contribution in [3.8, 4) is 0 Å². The van der Waals surface area contributed by atoms with Gasteiger partial charge in [0.25, 0.3) is 5.91 Å². The molecule has 1 N–H and O–H groups in total. The van der Waals surface area contributed by atoms with Crippen molar-refractivity contribution in [3.05, 3.63) is 59.9 Å². The van der Waals surface area contributed by atoms with E-state index < -0.39 is 0 Å². The molecule has 0 saturated carbocycles. The summed E-state index contributed by atoms with van der Waals surface area (Å²) in [5.74, 6) is 0.815. The number of hydrogen-bond acceptors (Lipinski definition) is 5. The molecule has 6 nitrogen and oxygen atoms in total. The number of nitrogens with one attached hydrogen (secondary N) is 1. The highest BCUT2D eigenvalue weighted by Crippen LogP contribution is 2.22. The molecule has 1 saturated heterocycles. The van der Waals surface area contributed by atoms with Gasteiger partial charge in [0, 0.05) is 42.0 Å². The van der Waals surface area contributed by atoms with Crippen LogP contribution in [0.2, 0.25) is 0 Å². The summed E-state index contributed by atoms with van der Waals surface area (Å²) in [6.07, 6.45) is 3.81. The van der Waals surface area contributed by atoms with Gasteiger partial charge >= 0.3 is 0 Å². The highest BCUT2D eigenvalue weighted by atomic mass is 16.1. The van der Waals surface area contributed by atoms with Crippen LogP contribution in [0.5, 0.6) is 0 Å². The zero-order valence-electron chi connectivity index (χ0n) is 14.7. The lowest BCUT2D eigenvalue weighted by Crippen LogP contribution is -2.40. The standard InChI is InChI=1S/C20H21N5O/c1-14-6-7-15-12-16(8-9-18(15)23-14)20(26)21-13-17-4-3-11-25(17)19-5-2-10-22-24-19/h2,5-10,12,17H,3-4,11,13H2,1H3,(H,21,26)/t17-/m0/s1. The maximum Gasteiger partial charge on any atom is 0.251 e. The SMILES string of the molecule is Cc1ccc2cc(C(=O)NC[C@@H]3CCCN3c3cccnn3)ccc2n1. The molecule has 1 atom stereocenters. The molecule has 6 heteroatoms. The first-order valence-electron chi connectivity index (χ1n) is 8.91. The fourth-order valence-electron chi connectivity index (χ4n) is 3.48. The topological polar surface area (TPSA) is 71.0 Å². The summed E-state index contributed by atoms with van der Waals surface area (Å²) in [5, 5.41) is 12.2. The Bertz CT molecular complexity index is 928. The smallest absolute Gasteiger partial charge is 0.251 e. The van der Waals surface area contributed by atoms with Crippen LogP contribution in [0.4, 0.5) is 5.82 Å². The first-order chi connectivity index (χ1) is 12.7. The number of aryl methyl sites for hydroxylation is 1. The van der Waals surface area contributed by atoms with E-state index in [1.54, 1.807) is 6.20 Å². The molecule has 3 aromatic rings. The van der Waals surface area contributed by atoms with Gasteiger partial charge in [0.05, 0.1) is 5.52 Å². The Morgan fingerprint density at radius 2 is 2.19 bits per heavy atom. The van der Waals surface area contributed by atoms with E-state index >= 15 is 0 Å². The second-order valence-corrected chi connectivity index (χ2v) is 6.64. The Hall–Kier alpha value is -3.02. The second-order valence-electron chi connectivity index (χ2n) is 6.64. The average molecular weight is 347 g/mol. The molecule has 3 heterocycles. The maximum atomic E-state index is 12.6. The molecule has 1 aliphatic rings. The van der Waals surface area contributed by atoms with E-state index in [1.807, 2.05) is 49.4 Å².